The second-order valence-electron chi connectivity index (χ2n) is 8.15. The highest BCUT2D eigenvalue weighted by molar-refractivity contribution is 5.37. The standard InChI is InChI=1S/C25H30FN3O3/c1-18-4-5-19(24(14-18)30-3)16-29-11-13-32-25(17-29)23-15-21(28(2)27-23)10-12-31-22-8-6-20(26)7-9-22/h4-9,14-15,25H,10-13,16-17H2,1-3H3/t25-/m0/s1. The molecule has 1 fully saturated rings. The van der Waals surface area contributed by atoms with Crippen LogP contribution in [0.25, 0.3) is 0 Å². The van der Waals surface area contributed by atoms with Crippen LogP contribution in [0.15, 0.2) is 48.5 Å². The monoisotopic (exact) mass is 439 g/mol. The second-order valence-corrected chi connectivity index (χ2v) is 8.15. The molecule has 0 unspecified atom stereocenters. The van der Waals surface area contributed by atoms with E-state index in [-0.39, 0.29) is 11.9 Å². The number of halogens is 1. The van der Waals surface area contributed by atoms with Crippen molar-refractivity contribution in [3.8, 4) is 11.5 Å². The highest BCUT2D eigenvalue weighted by Gasteiger charge is 2.25. The molecule has 170 valence electrons. The molecule has 0 radical (unpaired) electrons. The van der Waals surface area contributed by atoms with Crippen LogP contribution in [-0.4, -0.2) is 48.1 Å². The molecule has 2 heterocycles. The van der Waals surface area contributed by atoms with E-state index in [1.165, 1.54) is 23.3 Å². The minimum atomic E-state index is -0.268. The van der Waals surface area contributed by atoms with E-state index in [0.29, 0.717) is 25.4 Å². The average Bonchev–Trinajstić information content (AvgIpc) is 3.17. The first kappa shape index (κ1) is 22.3. The number of morpholine rings is 1. The van der Waals surface area contributed by atoms with Crippen LogP contribution in [0.1, 0.15) is 28.6 Å². The first-order valence-electron chi connectivity index (χ1n) is 10.9. The van der Waals surface area contributed by atoms with Crippen molar-refractivity contribution in [3.05, 3.63) is 76.9 Å². The highest BCUT2D eigenvalue weighted by Crippen LogP contribution is 2.26. The Morgan fingerprint density at radius 2 is 1.97 bits per heavy atom. The number of methoxy groups -OCH3 is 1. The fourth-order valence-electron chi connectivity index (χ4n) is 3.97. The number of rotatable bonds is 8. The van der Waals surface area contributed by atoms with Gasteiger partial charge >= 0.3 is 0 Å². The van der Waals surface area contributed by atoms with Crippen LogP contribution < -0.4 is 9.47 Å². The molecule has 1 aromatic heterocycles. The SMILES string of the molecule is COc1cc(C)ccc1CN1CCO[C@H](c2cc(CCOc3ccc(F)cc3)n(C)n2)C1. The topological polar surface area (TPSA) is 48.8 Å². The van der Waals surface area contributed by atoms with Crippen molar-refractivity contribution in [3.63, 3.8) is 0 Å². The molecule has 1 aliphatic heterocycles. The number of ether oxygens (including phenoxy) is 3. The fraction of sp³-hybridized carbons (Fsp3) is 0.400. The fourth-order valence-corrected chi connectivity index (χ4v) is 3.97. The molecular weight excluding hydrogens is 409 g/mol. The molecule has 0 bridgehead atoms. The molecule has 1 aliphatic rings. The third-order valence-electron chi connectivity index (χ3n) is 5.75. The predicted molar refractivity (Wildman–Crippen MR) is 121 cm³/mol. The van der Waals surface area contributed by atoms with E-state index in [4.69, 9.17) is 19.3 Å². The van der Waals surface area contributed by atoms with Crippen molar-refractivity contribution in [1.82, 2.24) is 14.7 Å². The summed E-state index contributed by atoms with van der Waals surface area (Å²) in [6.45, 7) is 5.70. The molecule has 1 saturated heterocycles. The molecule has 0 aliphatic carbocycles. The number of aromatic nitrogens is 2. The van der Waals surface area contributed by atoms with Crippen molar-refractivity contribution in [1.29, 1.82) is 0 Å². The zero-order valence-electron chi connectivity index (χ0n) is 18.9. The summed E-state index contributed by atoms with van der Waals surface area (Å²) in [5.41, 5.74) is 4.38. The lowest BCUT2D eigenvalue weighted by atomic mass is 10.1. The van der Waals surface area contributed by atoms with Gasteiger partial charge in [-0.25, -0.2) is 4.39 Å². The van der Waals surface area contributed by atoms with Gasteiger partial charge in [0.25, 0.3) is 0 Å². The van der Waals surface area contributed by atoms with Crippen molar-refractivity contribution in [2.24, 2.45) is 7.05 Å². The Bertz CT molecular complexity index is 1040. The third-order valence-corrected chi connectivity index (χ3v) is 5.75. The van der Waals surface area contributed by atoms with Crippen LogP contribution >= 0.6 is 0 Å². The number of aryl methyl sites for hydroxylation is 2. The van der Waals surface area contributed by atoms with Gasteiger partial charge in [-0.3, -0.25) is 9.58 Å². The summed E-state index contributed by atoms with van der Waals surface area (Å²) < 4.78 is 32.2. The zero-order chi connectivity index (χ0) is 22.5. The molecule has 1 atom stereocenters. The first-order chi connectivity index (χ1) is 15.5. The highest BCUT2D eigenvalue weighted by atomic mass is 19.1. The first-order valence-corrected chi connectivity index (χ1v) is 10.9. The molecule has 4 rings (SSSR count). The Morgan fingerprint density at radius 3 is 2.75 bits per heavy atom. The third kappa shape index (κ3) is 5.47. The van der Waals surface area contributed by atoms with Crippen molar-refractivity contribution in [2.45, 2.75) is 26.0 Å². The summed E-state index contributed by atoms with van der Waals surface area (Å²) in [5.74, 6) is 1.32. The van der Waals surface area contributed by atoms with E-state index in [1.54, 1.807) is 19.2 Å². The van der Waals surface area contributed by atoms with Gasteiger partial charge in [0.2, 0.25) is 0 Å². The van der Waals surface area contributed by atoms with E-state index in [1.807, 2.05) is 11.7 Å². The molecule has 0 spiro atoms. The van der Waals surface area contributed by atoms with Gasteiger partial charge in [0.15, 0.2) is 0 Å². The van der Waals surface area contributed by atoms with E-state index in [2.05, 4.69) is 36.1 Å². The maximum atomic E-state index is 13.0. The second kappa shape index (κ2) is 10.1. The minimum absolute atomic E-state index is 0.0711. The number of nitrogens with zero attached hydrogens (tertiary/aromatic N) is 3. The molecule has 0 saturated carbocycles. The minimum Gasteiger partial charge on any atom is -0.496 e. The molecule has 0 amide bonds. The Kier molecular flexibility index (Phi) is 7.07. The lowest BCUT2D eigenvalue weighted by Crippen LogP contribution is -2.38. The van der Waals surface area contributed by atoms with Crippen LogP contribution in [-0.2, 0) is 24.8 Å². The van der Waals surface area contributed by atoms with Crippen molar-refractivity contribution < 1.29 is 18.6 Å². The lowest BCUT2D eigenvalue weighted by molar-refractivity contribution is -0.0353. The van der Waals surface area contributed by atoms with Gasteiger partial charge in [0.1, 0.15) is 23.4 Å². The van der Waals surface area contributed by atoms with E-state index >= 15 is 0 Å². The Hall–Kier alpha value is -2.90. The Balaban J connectivity index is 1.36. The van der Waals surface area contributed by atoms with Crippen LogP contribution in [0.2, 0.25) is 0 Å². The summed E-state index contributed by atoms with van der Waals surface area (Å²) >= 11 is 0. The molecule has 2 aromatic carbocycles. The quantitative estimate of drug-likeness (QED) is 0.530. The summed E-state index contributed by atoms with van der Waals surface area (Å²) in [7, 11) is 3.66. The summed E-state index contributed by atoms with van der Waals surface area (Å²) in [5, 5.41) is 4.69. The molecule has 3 aromatic rings. The van der Waals surface area contributed by atoms with E-state index < -0.39 is 0 Å². The summed E-state index contributed by atoms with van der Waals surface area (Å²) in [4.78, 5) is 2.38. The molecule has 0 N–H and O–H groups in total. The zero-order valence-corrected chi connectivity index (χ0v) is 18.9. The summed E-state index contributed by atoms with van der Waals surface area (Å²) in [6, 6.07) is 14.5. The smallest absolute Gasteiger partial charge is 0.123 e. The molecule has 7 heteroatoms. The molecular formula is C25H30FN3O3. The van der Waals surface area contributed by atoms with Gasteiger partial charge in [0, 0.05) is 44.4 Å². The number of hydrogen-bond donors (Lipinski definition) is 0. The van der Waals surface area contributed by atoms with Gasteiger partial charge in [-0.05, 0) is 48.9 Å². The maximum Gasteiger partial charge on any atom is 0.123 e. The van der Waals surface area contributed by atoms with Gasteiger partial charge in [-0.2, -0.15) is 5.10 Å². The van der Waals surface area contributed by atoms with Crippen LogP contribution in [0.4, 0.5) is 4.39 Å². The lowest BCUT2D eigenvalue weighted by Gasteiger charge is -2.32. The van der Waals surface area contributed by atoms with Gasteiger partial charge in [0.05, 0.1) is 26.0 Å². The van der Waals surface area contributed by atoms with E-state index in [0.717, 1.165) is 36.8 Å². The van der Waals surface area contributed by atoms with Crippen LogP contribution in [0, 0.1) is 12.7 Å². The average molecular weight is 440 g/mol. The van der Waals surface area contributed by atoms with E-state index in [9.17, 15) is 4.39 Å². The Morgan fingerprint density at radius 1 is 1.16 bits per heavy atom. The molecule has 6 nitrogen and oxygen atoms in total. The van der Waals surface area contributed by atoms with Crippen LogP contribution in [0.3, 0.4) is 0 Å². The predicted octanol–water partition coefficient (Wildman–Crippen LogP) is 4.07. The summed E-state index contributed by atoms with van der Waals surface area (Å²) in [6.07, 6.45) is 0.635. The molecule has 32 heavy (non-hydrogen) atoms. The maximum absolute atomic E-state index is 13.0. The van der Waals surface area contributed by atoms with Gasteiger partial charge in [-0.1, -0.05) is 12.1 Å². The largest absolute Gasteiger partial charge is 0.496 e. The van der Waals surface area contributed by atoms with Crippen molar-refractivity contribution >= 4 is 0 Å². The number of hydrogen-bond acceptors (Lipinski definition) is 5. The van der Waals surface area contributed by atoms with Gasteiger partial charge < -0.3 is 14.2 Å². The normalized spacial score (nSPS) is 16.8. The Labute approximate surface area is 188 Å². The van der Waals surface area contributed by atoms with Crippen molar-refractivity contribution in [2.75, 3.05) is 33.4 Å². The van der Waals surface area contributed by atoms with Crippen LogP contribution in [0.5, 0.6) is 11.5 Å². The van der Waals surface area contributed by atoms with Gasteiger partial charge in [-0.15, -0.1) is 0 Å². The number of benzene rings is 2.